The largest absolute Gasteiger partial charge is 0.302 e. The minimum Gasteiger partial charge on any atom is -0.302 e. The second-order valence-electron chi connectivity index (χ2n) is 2.95. The molecule has 0 spiro atoms. The fourth-order valence-electron chi connectivity index (χ4n) is 1.14. The average Bonchev–Trinajstić information content (AvgIpc) is 2.67. The smallest absolute Gasteiger partial charge is 0.223 e. The summed E-state index contributed by atoms with van der Waals surface area (Å²) in [6.07, 6.45) is 3.43. The Bertz CT molecular complexity index is 467. The molecule has 0 saturated heterocycles. The first-order valence-corrected chi connectivity index (χ1v) is 5.27. The van der Waals surface area contributed by atoms with Crippen LogP contribution in [0.25, 0.3) is 11.3 Å². The standard InChI is InChI=1S/C10H9N3OS/c1-7(14)12-10-13-9(6-15-10)8-2-4-11-5-3-8/h2-6H,1H3,(H,12,13,14). The van der Waals surface area contributed by atoms with Crippen LogP contribution in [0.1, 0.15) is 6.92 Å². The van der Waals surface area contributed by atoms with Gasteiger partial charge in [0, 0.05) is 30.3 Å². The zero-order valence-electron chi connectivity index (χ0n) is 8.10. The van der Waals surface area contributed by atoms with Crippen LogP contribution in [0.15, 0.2) is 29.9 Å². The summed E-state index contributed by atoms with van der Waals surface area (Å²) in [5, 5.41) is 5.17. The monoisotopic (exact) mass is 219 g/mol. The first-order valence-electron chi connectivity index (χ1n) is 4.39. The van der Waals surface area contributed by atoms with Gasteiger partial charge in [-0.1, -0.05) is 0 Å². The van der Waals surface area contributed by atoms with E-state index >= 15 is 0 Å². The van der Waals surface area contributed by atoms with Crippen molar-refractivity contribution in [2.24, 2.45) is 0 Å². The van der Waals surface area contributed by atoms with Crippen LogP contribution in [0.4, 0.5) is 5.13 Å². The summed E-state index contributed by atoms with van der Waals surface area (Å²) < 4.78 is 0. The molecule has 5 heteroatoms. The fourth-order valence-corrected chi connectivity index (χ4v) is 1.90. The summed E-state index contributed by atoms with van der Waals surface area (Å²) >= 11 is 1.41. The molecule has 76 valence electrons. The van der Waals surface area contributed by atoms with Crippen molar-refractivity contribution in [3.63, 3.8) is 0 Å². The molecule has 0 aromatic carbocycles. The third-order valence-electron chi connectivity index (χ3n) is 1.76. The number of hydrogen-bond donors (Lipinski definition) is 1. The Morgan fingerprint density at radius 1 is 1.40 bits per heavy atom. The van der Waals surface area contributed by atoms with Gasteiger partial charge in [0.2, 0.25) is 5.91 Å². The Hall–Kier alpha value is -1.75. The van der Waals surface area contributed by atoms with Crippen LogP contribution in [0, 0.1) is 0 Å². The van der Waals surface area contributed by atoms with Gasteiger partial charge in [-0.15, -0.1) is 11.3 Å². The summed E-state index contributed by atoms with van der Waals surface area (Å²) in [6.45, 7) is 1.47. The number of pyridine rings is 1. The van der Waals surface area contributed by atoms with Crippen molar-refractivity contribution in [2.75, 3.05) is 5.32 Å². The molecule has 0 radical (unpaired) electrons. The van der Waals surface area contributed by atoms with Crippen LogP contribution in [0.2, 0.25) is 0 Å². The number of amides is 1. The van der Waals surface area contributed by atoms with Gasteiger partial charge in [-0.25, -0.2) is 4.98 Å². The molecule has 0 aliphatic carbocycles. The lowest BCUT2D eigenvalue weighted by molar-refractivity contribution is -0.114. The Labute approximate surface area is 91.0 Å². The molecule has 0 aliphatic heterocycles. The predicted octanol–water partition coefficient (Wildman–Crippen LogP) is 2.16. The van der Waals surface area contributed by atoms with Gasteiger partial charge < -0.3 is 5.32 Å². The number of carbonyl (C=O) groups is 1. The van der Waals surface area contributed by atoms with E-state index in [0.29, 0.717) is 5.13 Å². The number of nitrogens with zero attached hydrogens (tertiary/aromatic N) is 2. The molecule has 2 aromatic rings. The summed E-state index contributed by atoms with van der Waals surface area (Å²) in [7, 11) is 0. The first kappa shape index (κ1) is 9.79. The highest BCUT2D eigenvalue weighted by molar-refractivity contribution is 7.14. The van der Waals surface area contributed by atoms with E-state index in [1.165, 1.54) is 18.3 Å². The molecule has 15 heavy (non-hydrogen) atoms. The van der Waals surface area contributed by atoms with Crippen molar-refractivity contribution in [1.29, 1.82) is 0 Å². The maximum absolute atomic E-state index is 10.8. The van der Waals surface area contributed by atoms with Crippen molar-refractivity contribution in [1.82, 2.24) is 9.97 Å². The molecule has 0 bridgehead atoms. The van der Waals surface area contributed by atoms with Crippen molar-refractivity contribution in [2.45, 2.75) is 6.92 Å². The molecule has 1 N–H and O–H groups in total. The highest BCUT2D eigenvalue weighted by atomic mass is 32.1. The zero-order valence-corrected chi connectivity index (χ0v) is 8.91. The maximum atomic E-state index is 10.8. The van der Waals surface area contributed by atoms with Crippen LogP contribution in [-0.4, -0.2) is 15.9 Å². The fraction of sp³-hybridized carbons (Fsp3) is 0.100. The van der Waals surface area contributed by atoms with E-state index in [9.17, 15) is 4.79 Å². The van der Waals surface area contributed by atoms with Crippen LogP contribution in [0.3, 0.4) is 0 Å². The highest BCUT2D eigenvalue weighted by Gasteiger charge is 2.04. The van der Waals surface area contributed by atoms with Crippen LogP contribution in [-0.2, 0) is 4.79 Å². The van der Waals surface area contributed by atoms with Crippen molar-refractivity contribution >= 4 is 22.4 Å². The third-order valence-corrected chi connectivity index (χ3v) is 2.52. The molecule has 0 atom stereocenters. The van der Waals surface area contributed by atoms with Gasteiger partial charge in [-0.05, 0) is 12.1 Å². The number of nitrogens with one attached hydrogen (secondary N) is 1. The third kappa shape index (κ3) is 2.38. The van der Waals surface area contributed by atoms with Crippen molar-refractivity contribution in [3.05, 3.63) is 29.9 Å². The molecule has 0 fully saturated rings. The molecular formula is C10H9N3OS. The molecule has 1 amide bonds. The summed E-state index contributed by atoms with van der Waals surface area (Å²) in [5.41, 5.74) is 1.85. The normalized spacial score (nSPS) is 9.93. The lowest BCUT2D eigenvalue weighted by Gasteiger charge is -1.95. The average molecular weight is 219 g/mol. The predicted molar refractivity (Wildman–Crippen MR) is 59.6 cm³/mol. The summed E-state index contributed by atoms with van der Waals surface area (Å²) in [6, 6.07) is 3.76. The van der Waals surface area contributed by atoms with Gasteiger partial charge in [0.25, 0.3) is 0 Å². The maximum Gasteiger partial charge on any atom is 0.223 e. The molecular weight excluding hydrogens is 210 g/mol. The van der Waals surface area contributed by atoms with Crippen molar-refractivity contribution < 1.29 is 4.79 Å². The summed E-state index contributed by atoms with van der Waals surface area (Å²) in [4.78, 5) is 19.0. The van der Waals surface area contributed by atoms with E-state index in [-0.39, 0.29) is 5.91 Å². The Morgan fingerprint density at radius 2 is 2.13 bits per heavy atom. The Balaban J connectivity index is 2.24. The molecule has 2 heterocycles. The first-order chi connectivity index (χ1) is 7.25. The Morgan fingerprint density at radius 3 is 2.80 bits per heavy atom. The lowest BCUT2D eigenvalue weighted by Crippen LogP contribution is -2.04. The highest BCUT2D eigenvalue weighted by Crippen LogP contribution is 2.23. The minimum atomic E-state index is -0.106. The van der Waals surface area contributed by atoms with Gasteiger partial charge in [0.15, 0.2) is 5.13 Å². The van der Waals surface area contributed by atoms with Crippen LogP contribution >= 0.6 is 11.3 Å². The molecule has 2 rings (SSSR count). The number of anilines is 1. The van der Waals surface area contributed by atoms with Gasteiger partial charge >= 0.3 is 0 Å². The second-order valence-corrected chi connectivity index (χ2v) is 3.81. The number of hydrogen-bond acceptors (Lipinski definition) is 4. The van der Waals surface area contributed by atoms with Gasteiger partial charge in [0.05, 0.1) is 5.69 Å². The molecule has 0 unspecified atom stereocenters. The van der Waals surface area contributed by atoms with Crippen LogP contribution in [0.5, 0.6) is 0 Å². The number of aromatic nitrogens is 2. The minimum absolute atomic E-state index is 0.106. The van der Waals surface area contributed by atoms with Gasteiger partial charge in [0.1, 0.15) is 0 Å². The van der Waals surface area contributed by atoms with Crippen molar-refractivity contribution in [3.8, 4) is 11.3 Å². The van der Waals surface area contributed by atoms with E-state index < -0.39 is 0 Å². The van der Waals surface area contributed by atoms with Crippen LogP contribution < -0.4 is 5.32 Å². The van der Waals surface area contributed by atoms with E-state index in [1.54, 1.807) is 12.4 Å². The van der Waals surface area contributed by atoms with E-state index in [4.69, 9.17) is 0 Å². The number of rotatable bonds is 2. The quantitative estimate of drug-likeness (QED) is 0.842. The topological polar surface area (TPSA) is 54.9 Å². The second kappa shape index (κ2) is 4.18. The molecule has 0 saturated carbocycles. The molecule has 0 aliphatic rings. The SMILES string of the molecule is CC(=O)Nc1nc(-c2ccncc2)cs1. The van der Waals surface area contributed by atoms with E-state index in [1.807, 2.05) is 17.5 Å². The lowest BCUT2D eigenvalue weighted by atomic mass is 10.2. The number of carbonyl (C=O) groups excluding carboxylic acids is 1. The molecule has 2 aromatic heterocycles. The molecule has 4 nitrogen and oxygen atoms in total. The van der Waals surface area contributed by atoms with E-state index in [0.717, 1.165) is 11.3 Å². The van der Waals surface area contributed by atoms with Gasteiger partial charge in [-0.2, -0.15) is 0 Å². The Kier molecular flexibility index (Phi) is 2.73. The van der Waals surface area contributed by atoms with E-state index in [2.05, 4.69) is 15.3 Å². The summed E-state index contributed by atoms with van der Waals surface area (Å²) in [5.74, 6) is -0.106. The van der Waals surface area contributed by atoms with Gasteiger partial charge in [-0.3, -0.25) is 9.78 Å². The zero-order chi connectivity index (χ0) is 10.7. The number of thiazole rings is 1.